The fourth-order valence-electron chi connectivity index (χ4n) is 2.90. The van der Waals surface area contributed by atoms with E-state index in [9.17, 15) is 0 Å². The van der Waals surface area contributed by atoms with Gasteiger partial charge in [0.25, 0.3) is 0 Å². The van der Waals surface area contributed by atoms with Gasteiger partial charge in [-0.3, -0.25) is 4.90 Å². The van der Waals surface area contributed by atoms with Crippen molar-refractivity contribution in [3.63, 3.8) is 0 Å². The number of likely N-dealkylation sites (tertiary alicyclic amines) is 1. The van der Waals surface area contributed by atoms with Gasteiger partial charge >= 0.3 is 0 Å². The molecule has 1 saturated heterocycles. The van der Waals surface area contributed by atoms with E-state index in [-0.39, 0.29) is 0 Å². The van der Waals surface area contributed by atoms with Crippen molar-refractivity contribution in [1.29, 1.82) is 5.26 Å². The van der Waals surface area contributed by atoms with Gasteiger partial charge in [-0.2, -0.15) is 5.26 Å². The Morgan fingerprint density at radius 2 is 2.14 bits per heavy atom. The molecular formula is C17H25N3O. The Bertz CT molecular complexity index is 452. The molecule has 0 aliphatic carbocycles. The highest BCUT2D eigenvalue weighted by atomic mass is 16.5. The molecule has 1 aromatic carbocycles. The number of nitriles is 1. The van der Waals surface area contributed by atoms with Crippen LogP contribution in [-0.4, -0.2) is 44.2 Å². The number of benzene rings is 1. The predicted molar refractivity (Wildman–Crippen MR) is 84.4 cm³/mol. The molecule has 4 heteroatoms. The molecule has 1 aliphatic rings. The third kappa shape index (κ3) is 5.04. The van der Waals surface area contributed by atoms with Crippen LogP contribution in [-0.2, 0) is 0 Å². The Morgan fingerprint density at radius 3 is 2.86 bits per heavy atom. The third-order valence-electron chi connectivity index (χ3n) is 4.11. The molecule has 0 aromatic heterocycles. The second kappa shape index (κ2) is 8.66. The Hall–Kier alpha value is -1.57. The lowest BCUT2D eigenvalue weighted by Gasteiger charge is -2.35. The SMILES string of the molecule is CNCCC1CCCCN1CCOc1ccc(C#N)cc1. The van der Waals surface area contributed by atoms with Gasteiger partial charge in [0.05, 0.1) is 11.6 Å². The second-order valence-corrected chi connectivity index (χ2v) is 5.56. The first-order chi connectivity index (χ1) is 10.3. The van der Waals surface area contributed by atoms with Gasteiger partial charge in [0.2, 0.25) is 0 Å². The molecule has 4 nitrogen and oxygen atoms in total. The molecule has 1 unspecified atom stereocenters. The maximum Gasteiger partial charge on any atom is 0.119 e. The van der Waals surface area contributed by atoms with Gasteiger partial charge in [0.15, 0.2) is 0 Å². The smallest absolute Gasteiger partial charge is 0.119 e. The summed E-state index contributed by atoms with van der Waals surface area (Å²) in [5.41, 5.74) is 0.672. The number of rotatable bonds is 7. The molecule has 0 spiro atoms. The van der Waals surface area contributed by atoms with Crippen molar-refractivity contribution < 1.29 is 4.74 Å². The Kier molecular flexibility index (Phi) is 6.52. The summed E-state index contributed by atoms with van der Waals surface area (Å²) in [4.78, 5) is 2.56. The lowest BCUT2D eigenvalue weighted by atomic mass is 9.99. The van der Waals surface area contributed by atoms with Crippen LogP contribution < -0.4 is 10.1 Å². The molecule has 1 fully saturated rings. The fourth-order valence-corrected chi connectivity index (χ4v) is 2.90. The van der Waals surface area contributed by atoms with E-state index in [1.54, 1.807) is 12.1 Å². The van der Waals surface area contributed by atoms with Crippen molar-refractivity contribution in [3.05, 3.63) is 29.8 Å². The van der Waals surface area contributed by atoms with Crippen LogP contribution in [0.25, 0.3) is 0 Å². The zero-order chi connectivity index (χ0) is 14.9. The summed E-state index contributed by atoms with van der Waals surface area (Å²) in [6.45, 7) is 3.96. The van der Waals surface area contributed by atoms with Crippen LogP contribution in [0.1, 0.15) is 31.2 Å². The Morgan fingerprint density at radius 1 is 1.33 bits per heavy atom. The van der Waals surface area contributed by atoms with Crippen LogP contribution in [0.5, 0.6) is 5.75 Å². The molecule has 1 aromatic rings. The molecule has 0 radical (unpaired) electrons. The fraction of sp³-hybridized carbons (Fsp3) is 0.588. The van der Waals surface area contributed by atoms with Gasteiger partial charge in [-0.25, -0.2) is 0 Å². The first-order valence-electron chi connectivity index (χ1n) is 7.85. The van der Waals surface area contributed by atoms with Crippen molar-refractivity contribution >= 4 is 0 Å². The number of hydrogen-bond donors (Lipinski definition) is 1. The molecule has 114 valence electrons. The van der Waals surface area contributed by atoms with E-state index in [1.165, 1.54) is 32.2 Å². The average molecular weight is 287 g/mol. The standard InChI is InChI=1S/C17H25N3O/c1-19-10-9-16-4-2-3-11-20(16)12-13-21-17-7-5-15(14-18)6-8-17/h5-8,16,19H,2-4,9-13H2,1H3. The van der Waals surface area contributed by atoms with E-state index in [0.717, 1.165) is 18.8 Å². The van der Waals surface area contributed by atoms with E-state index in [0.29, 0.717) is 18.2 Å². The largest absolute Gasteiger partial charge is 0.492 e. The van der Waals surface area contributed by atoms with E-state index >= 15 is 0 Å². The summed E-state index contributed by atoms with van der Waals surface area (Å²) in [7, 11) is 2.02. The highest BCUT2D eigenvalue weighted by molar-refractivity contribution is 5.34. The number of piperidine rings is 1. The maximum atomic E-state index is 8.77. The Labute approximate surface area is 127 Å². The first kappa shape index (κ1) is 15.8. The molecular weight excluding hydrogens is 262 g/mol. The summed E-state index contributed by atoms with van der Waals surface area (Å²) in [5, 5.41) is 12.0. The van der Waals surface area contributed by atoms with Gasteiger partial charge in [0, 0.05) is 12.6 Å². The maximum absolute atomic E-state index is 8.77. The third-order valence-corrected chi connectivity index (χ3v) is 4.11. The van der Waals surface area contributed by atoms with Crippen LogP contribution in [0.15, 0.2) is 24.3 Å². The number of nitrogens with one attached hydrogen (secondary N) is 1. The zero-order valence-corrected chi connectivity index (χ0v) is 12.8. The van der Waals surface area contributed by atoms with Crippen molar-refractivity contribution in [2.75, 3.05) is 33.3 Å². The van der Waals surface area contributed by atoms with Crippen molar-refractivity contribution in [1.82, 2.24) is 10.2 Å². The van der Waals surface area contributed by atoms with Crippen molar-refractivity contribution in [2.45, 2.75) is 31.7 Å². The Balaban J connectivity index is 1.76. The van der Waals surface area contributed by atoms with Crippen LogP contribution in [0.2, 0.25) is 0 Å². The summed E-state index contributed by atoms with van der Waals surface area (Å²) < 4.78 is 5.79. The molecule has 1 N–H and O–H groups in total. The van der Waals surface area contributed by atoms with Crippen LogP contribution in [0.4, 0.5) is 0 Å². The first-order valence-corrected chi connectivity index (χ1v) is 7.85. The minimum Gasteiger partial charge on any atom is -0.492 e. The second-order valence-electron chi connectivity index (χ2n) is 5.56. The average Bonchev–Trinajstić information content (AvgIpc) is 2.54. The van der Waals surface area contributed by atoms with Gasteiger partial charge in [-0.05, 0) is 63.7 Å². The quantitative estimate of drug-likeness (QED) is 0.836. The zero-order valence-electron chi connectivity index (χ0n) is 12.8. The lowest BCUT2D eigenvalue weighted by molar-refractivity contribution is 0.117. The highest BCUT2D eigenvalue weighted by Crippen LogP contribution is 2.19. The van der Waals surface area contributed by atoms with Gasteiger partial charge in [-0.1, -0.05) is 6.42 Å². The summed E-state index contributed by atoms with van der Waals surface area (Å²) in [6, 6.07) is 10.1. The number of hydrogen-bond acceptors (Lipinski definition) is 4. The number of nitrogens with zero attached hydrogens (tertiary/aromatic N) is 2. The molecule has 0 saturated carbocycles. The van der Waals surface area contributed by atoms with Crippen molar-refractivity contribution in [2.24, 2.45) is 0 Å². The molecule has 1 heterocycles. The van der Waals surface area contributed by atoms with Crippen LogP contribution in [0.3, 0.4) is 0 Å². The summed E-state index contributed by atoms with van der Waals surface area (Å²) in [5.74, 6) is 0.845. The minimum absolute atomic E-state index is 0.672. The molecule has 1 aliphatic heterocycles. The molecule has 0 bridgehead atoms. The van der Waals surface area contributed by atoms with Gasteiger partial charge < -0.3 is 10.1 Å². The van der Waals surface area contributed by atoms with E-state index in [4.69, 9.17) is 10.00 Å². The van der Waals surface area contributed by atoms with Crippen molar-refractivity contribution in [3.8, 4) is 11.8 Å². The van der Waals surface area contributed by atoms with Crippen LogP contribution >= 0.6 is 0 Å². The number of ether oxygens (including phenoxy) is 1. The van der Waals surface area contributed by atoms with E-state index in [2.05, 4.69) is 16.3 Å². The summed E-state index contributed by atoms with van der Waals surface area (Å²) >= 11 is 0. The normalized spacial score (nSPS) is 19.1. The van der Waals surface area contributed by atoms with Crippen LogP contribution in [0, 0.1) is 11.3 Å². The van der Waals surface area contributed by atoms with Gasteiger partial charge in [0.1, 0.15) is 12.4 Å². The van der Waals surface area contributed by atoms with E-state index in [1.807, 2.05) is 19.2 Å². The molecule has 1 atom stereocenters. The van der Waals surface area contributed by atoms with E-state index < -0.39 is 0 Å². The monoisotopic (exact) mass is 287 g/mol. The van der Waals surface area contributed by atoms with Gasteiger partial charge in [-0.15, -0.1) is 0 Å². The highest BCUT2D eigenvalue weighted by Gasteiger charge is 2.21. The molecule has 21 heavy (non-hydrogen) atoms. The topological polar surface area (TPSA) is 48.3 Å². The molecule has 2 rings (SSSR count). The summed E-state index contributed by atoms with van der Waals surface area (Å²) in [6.07, 6.45) is 5.17. The predicted octanol–water partition coefficient (Wildman–Crippen LogP) is 2.40. The molecule has 0 amide bonds. The lowest BCUT2D eigenvalue weighted by Crippen LogP contribution is -2.42. The minimum atomic E-state index is 0.672.